The van der Waals surface area contributed by atoms with Gasteiger partial charge < -0.3 is 0 Å². The van der Waals surface area contributed by atoms with Gasteiger partial charge >= 0.3 is 0 Å². The molecule has 2 atom stereocenters. The molecular formula is C13H15ClN2. The predicted molar refractivity (Wildman–Crippen MR) is 65.4 cm³/mol. The van der Waals surface area contributed by atoms with Crippen LogP contribution < -0.4 is 0 Å². The maximum absolute atomic E-state index is 5.79. The van der Waals surface area contributed by atoms with Crippen LogP contribution in [0.15, 0.2) is 30.5 Å². The third-order valence-corrected chi connectivity index (χ3v) is 3.83. The normalized spacial score (nSPS) is 28.6. The SMILES string of the molecule is Clc1ccc(CN2C3C=CCC2CC3)cn1. The highest BCUT2D eigenvalue weighted by Crippen LogP contribution is 2.32. The van der Waals surface area contributed by atoms with E-state index in [4.69, 9.17) is 11.6 Å². The van der Waals surface area contributed by atoms with Crippen LogP contribution in [0.5, 0.6) is 0 Å². The van der Waals surface area contributed by atoms with Crippen LogP contribution in [0.4, 0.5) is 0 Å². The molecule has 0 N–H and O–H groups in total. The number of nitrogens with zero attached hydrogens (tertiary/aromatic N) is 2. The fraction of sp³-hybridized carbons (Fsp3) is 0.462. The molecule has 1 aromatic heterocycles. The van der Waals surface area contributed by atoms with E-state index in [1.165, 1.54) is 24.8 Å². The van der Waals surface area contributed by atoms with Crippen molar-refractivity contribution in [1.29, 1.82) is 0 Å². The molecule has 0 aromatic carbocycles. The van der Waals surface area contributed by atoms with Gasteiger partial charge in [0.15, 0.2) is 0 Å². The number of hydrogen-bond acceptors (Lipinski definition) is 2. The minimum Gasteiger partial charge on any atom is -0.289 e. The topological polar surface area (TPSA) is 16.1 Å². The number of rotatable bonds is 2. The quantitative estimate of drug-likeness (QED) is 0.578. The summed E-state index contributed by atoms with van der Waals surface area (Å²) in [5.41, 5.74) is 1.26. The Morgan fingerprint density at radius 3 is 3.06 bits per heavy atom. The van der Waals surface area contributed by atoms with Gasteiger partial charge in [-0.15, -0.1) is 0 Å². The number of pyridine rings is 1. The molecule has 2 aliphatic rings. The maximum atomic E-state index is 5.79. The Balaban J connectivity index is 1.75. The van der Waals surface area contributed by atoms with Gasteiger partial charge in [-0.1, -0.05) is 29.8 Å². The molecule has 0 amide bonds. The van der Waals surface area contributed by atoms with Crippen LogP contribution in [0.2, 0.25) is 5.15 Å². The summed E-state index contributed by atoms with van der Waals surface area (Å²) in [5, 5.41) is 0.574. The van der Waals surface area contributed by atoms with E-state index in [1.54, 1.807) is 0 Å². The third kappa shape index (κ3) is 1.87. The first-order valence-corrected chi connectivity index (χ1v) is 6.23. The lowest BCUT2D eigenvalue weighted by Gasteiger charge is -2.31. The molecule has 0 saturated carbocycles. The van der Waals surface area contributed by atoms with Gasteiger partial charge in [0.2, 0.25) is 0 Å². The van der Waals surface area contributed by atoms with Crippen molar-refractivity contribution < 1.29 is 0 Å². The van der Waals surface area contributed by atoms with E-state index in [2.05, 4.69) is 28.1 Å². The van der Waals surface area contributed by atoms with E-state index in [0.29, 0.717) is 11.2 Å². The Labute approximate surface area is 101 Å². The largest absolute Gasteiger partial charge is 0.289 e. The fourth-order valence-corrected chi connectivity index (χ4v) is 2.89. The molecule has 2 aliphatic heterocycles. The van der Waals surface area contributed by atoms with E-state index in [9.17, 15) is 0 Å². The van der Waals surface area contributed by atoms with Crippen LogP contribution in [-0.4, -0.2) is 22.0 Å². The smallest absolute Gasteiger partial charge is 0.129 e. The summed E-state index contributed by atoms with van der Waals surface area (Å²) >= 11 is 5.79. The van der Waals surface area contributed by atoms with E-state index in [-0.39, 0.29) is 0 Å². The molecule has 1 aromatic rings. The average molecular weight is 235 g/mol. The summed E-state index contributed by atoms with van der Waals surface area (Å²) in [6.45, 7) is 1.00. The molecule has 2 bridgehead atoms. The van der Waals surface area contributed by atoms with Gasteiger partial charge in [-0.05, 0) is 30.9 Å². The summed E-state index contributed by atoms with van der Waals surface area (Å²) in [4.78, 5) is 6.72. The number of fused-ring (bicyclic) bond motifs is 2. The van der Waals surface area contributed by atoms with Crippen LogP contribution >= 0.6 is 11.6 Å². The van der Waals surface area contributed by atoms with Crippen molar-refractivity contribution in [3.8, 4) is 0 Å². The molecule has 2 nitrogen and oxygen atoms in total. The third-order valence-electron chi connectivity index (χ3n) is 3.61. The Morgan fingerprint density at radius 2 is 2.31 bits per heavy atom. The summed E-state index contributed by atoms with van der Waals surface area (Å²) in [6.07, 6.45) is 10.4. The Kier molecular flexibility index (Phi) is 2.70. The molecule has 0 radical (unpaired) electrons. The van der Waals surface area contributed by atoms with Crippen LogP contribution in [0, 0.1) is 0 Å². The summed E-state index contributed by atoms with van der Waals surface area (Å²) < 4.78 is 0. The Bertz CT molecular complexity index is 399. The van der Waals surface area contributed by atoms with Crippen molar-refractivity contribution >= 4 is 11.6 Å². The Morgan fingerprint density at radius 1 is 1.38 bits per heavy atom. The average Bonchev–Trinajstić information content (AvgIpc) is 2.52. The zero-order chi connectivity index (χ0) is 11.0. The zero-order valence-corrected chi connectivity index (χ0v) is 9.90. The molecule has 0 spiro atoms. The van der Waals surface area contributed by atoms with Gasteiger partial charge in [-0.3, -0.25) is 4.90 Å². The fourth-order valence-electron chi connectivity index (χ4n) is 2.78. The van der Waals surface area contributed by atoms with Gasteiger partial charge in [-0.2, -0.15) is 0 Å². The van der Waals surface area contributed by atoms with Gasteiger partial charge in [0.1, 0.15) is 5.15 Å². The van der Waals surface area contributed by atoms with Gasteiger partial charge in [0.05, 0.1) is 0 Å². The van der Waals surface area contributed by atoms with E-state index >= 15 is 0 Å². The molecule has 3 heteroatoms. The zero-order valence-electron chi connectivity index (χ0n) is 9.14. The first kappa shape index (κ1) is 10.3. The second kappa shape index (κ2) is 4.19. The first-order valence-electron chi connectivity index (χ1n) is 5.86. The van der Waals surface area contributed by atoms with Crippen molar-refractivity contribution in [1.82, 2.24) is 9.88 Å². The predicted octanol–water partition coefficient (Wildman–Crippen LogP) is 3.03. The van der Waals surface area contributed by atoms with Crippen LogP contribution in [0.3, 0.4) is 0 Å². The maximum Gasteiger partial charge on any atom is 0.129 e. The van der Waals surface area contributed by atoms with E-state index in [1.807, 2.05) is 12.3 Å². The number of aromatic nitrogens is 1. The highest BCUT2D eigenvalue weighted by Gasteiger charge is 2.33. The monoisotopic (exact) mass is 234 g/mol. The van der Waals surface area contributed by atoms with Crippen molar-refractivity contribution in [2.24, 2.45) is 0 Å². The molecule has 16 heavy (non-hydrogen) atoms. The van der Waals surface area contributed by atoms with Gasteiger partial charge in [0, 0.05) is 24.8 Å². The lowest BCUT2D eigenvalue weighted by molar-refractivity contribution is 0.200. The molecule has 3 rings (SSSR count). The molecule has 3 heterocycles. The van der Waals surface area contributed by atoms with Crippen LogP contribution in [0.25, 0.3) is 0 Å². The lowest BCUT2D eigenvalue weighted by atomic mass is 10.1. The van der Waals surface area contributed by atoms with Gasteiger partial charge in [0.25, 0.3) is 0 Å². The second-order valence-corrected chi connectivity index (χ2v) is 5.01. The molecule has 84 valence electrons. The second-order valence-electron chi connectivity index (χ2n) is 4.62. The highest BCUT2D eigenvalue weighted by molar-refractivity contribution is 6.29. The molecule has 1 saturated heterocycles. The molecule has 2 unspecified atom stereocenters. The molecular weight excluding hydrogens is 220 g/mol. The minimum atomic E-state index is 0.574. The lowest BCUT2D eigenvalue weighted by Crippen LogP contribution is -2.36. The molecule has 1 fully saturated rings. The van der Waals surface area contributed by atoms with Crippen molar-refractivity contribution in [2.75, 3.05) is 0 Å². The van der Waals surface area contributed by atoms with Crippen molar-refractivity contribution in [3.05, 3.63) is 41.2 Å². The van der Waals surface area contributed by atoms with Gasteiger partial charge in [-0.25, -0.2) is 4.98 Å². The van der Waals surface area contributed by atoms with Crippen molar-refractivity contribution in [2.45, 2.75) is 37.9 Å². The van der Waals surface area contributed by atoms with Crippen LogP contribution in [-0.2, 0) is 6.54 Å². The minimum absolute atomic E-state index is 0.574. The first-order chi connectivity index (χ1) is 7.83. The van der Waals surface area contributed by atoms with E-state index in [0.717, 1.165) is 12.6 Å². The van der Waals surface area contributed by atoms with E-state index < -0.39 is 0 Å². The van der Waals surface area contributed by atoms with Crippen LogP contribution in [0.1, 0.15) is 24.8 Å². The van der Waals surface area contributed by atoms with Crippen molar-refractivity contribution in [3.63, 3.8) is 0 Å². The summed E-state index contributed by atoms with van der Waals surface area (Å²) in [5.74, 6) is 0. The summed E-state index contributed by atoms with van der Waals surface area (Å²) in [7, 11) is 0. The number of hydrogen-bond donors (Lipinski definition) is 0. The standard InChI is InChI=1S/C13H15ClN2/c14-13-7-4-10(8-15-13)9-16-11-2-1-3-12(16)6-5-11/h1-2,4,7-8,11-12H,3,5-6,9H2. The molecule has 0 aliphatic carbocycles. The number of halogens is 1. The highest BCUT2D eigenvalue weighted by atomic mass is 35.5. The Hall–Kier alpha value is -0.860. The summed E-state index contributed by atoms with van der Waals surface area (Å²) in [6, 6.07) is 5.34.